The van der Waals surface area contributed by atoms with Crippen molar-refractivity contribution >= 4 is 6.21 Å². The minimum absolute atomic E-state index is 0.407. The minimum atomic E-state index is -0.407. The maximum absolute atomic E-state index is 11.8. The van der Waals surface area contributed by atoms with E-state index < -0.39 is 5.54 Å². The lowest BCUT2D eigenvalue weighted by Gasteiger charge is -2.18. The van der Waals surface area contributed by atoms with E-state index in [0.29, 0.717) is 0 Å². The van der Waals surface area contributed by atoms with Gasteiger partial charge in [0.2, 0.25) is 0 Å². The molecule has 0 N–H and O–H groups in total. The lowest BCUT2D eigenvalue weighted by atomic mass is 10.1. The fourth-order valence-electron chi connectivity index (χ4n) is 1.52. The number of unbranched alkanes of at least 4 members (excludes halogenated alkanes) is 2. The molecule has 3 nitrogen and oxygen atoms in total. The summed E-state index contributed by atoms with van der Waals surface area (Å²) in [4.78, 5) is 0. The standard InChI is InChI=1S/C16H25NO2/c1-5-6-7-12-19-15-10-8-14(9-11-15)13-17(18)16(2,3)4/h8-11,13H,5-7,12H2,1-4H3. The van der Waals surface area contributed by atoms with Gasteiger partial charge in [0.15, 0.2) is 11.8 Å². The molecule has 1 aromatic rings. The third-order valence-corrected chi connectivity index (χ3v) is 2.82. The Labute approximate surface area is 116 Å². The highest BCUT2D eigenvalue weighted by molar-refractivity contribution is 5.76. The zero-order chi connectivity index (χ0) is 14.3. The first-order valence-corrected chi connectivity index (χ1v) is 6.97. The topological polar surface area (TPSA) is 35.3 Å². The second-order valence-corrected chi connectivity index (χ2v) is 5.75. The van der Waals surface area contributed by atoms with Gasteiger partial charge >= 0.3 is 0 Å². The lowest BCUT2D eigenvalue weighted by Crippen LogP contribution is -2.29. The van der Waals surface area contributed by atoms with Gasteiger partial charge in [0.05, 0.1) is 6.61 Å². The summed E-state index contributed by atoms with van der Waals surface area (Å²) in [6.07, 6.45) is 5.09. The molecule has 0 saturated heterocycles. The Bertz CT molecular complexity index is 402. The van der Waals surface area contributed by atoms with E-state index in [4.69, 9.17) is 4.74 Å². The Kier molecular flexibility index (Phi) is 5.87. The second-order valence-electron chi connectivity index (χ2n) is 5.75. The van der Waals surface area contributed by atoms with Crippen molar-refractivity contribution in [3.8, 4) is 5.75 Å². The van der Waals surface area contributed by atoms with Crippen molar-refractivity contribution in [2.75, 3.05) is 6.61 Å². The molecule has 3 heteroatoms. The van der Waals surface area contributed by atoms with Gasteiger partial charge < -0.3 is 9.94 Å². The van der Waals surface area contributed by atoms with Crippen LogP contribution in [0.1, 0.15) is 52.5 Å². The summed E-state index contributed by atoms with van der Waals surface area (Å²) in [6.45, 7) is 8.60. The van der Waals surface area contributed by atoms with Crippen molar-refractivity contribution in [1.29, 1.82) is 0 Å². The van der Waals surface area contributed by atoms with Gasteiger partial charge in [0, 0.05) is 26.3 Å². The van der Waals surface area contributed by atoms with Crippen LogP contribution in [0.2, 0.25) is 0 Å². The minimum Gasteiger partial charge on any atom is -0.623 e. The fraction of sp³-hybridized carbons (Fsp3) is 0.562. The van der Waals surface area contributed by atoms with E-state index in [-0.39, 0.29) is 0 Å². The summed E-state index contributed by atoms with van der Waals surface area (Å²) in [7, 11) is 0. The van der Waals surface area contributed by atoms with E-state index in [2.05, 4.69) is 6.92 Å². The Morgan fingerprint density at radius 2 is 1.79 bits per heavy atom. The van der Waals surface area contributed by atoms with Crippen LogP contribution in [0.3, 0.4) is 0 Å². The molecule has 1 aromatic carbocycles. The van der Waals surface area contributed by atoms with Crippen LogP contribution >= 0.6 is 0 Å². The lowest BCUT2D eigenvalue weighted by molar-refractivity contribution is -0.530. The van der Waals surface area contributed by atoms with Gasteiger partial charge in [0.1, 0.15) is 5.75 Å². The van der Waals surface area contributed by atoms with E-state index in [1.165, 1.54) is 12.8 Å². The maximum Gasteiger partial charge on any atom is 0.182 e. The third kappa shape index (κ3) is 5.77. The Hall–Kier alpha value is -1.51. The molecule has 0 radical (unpaired) electrons. The zero-order valence-electron chi connectivity index (χ0n) is 12.5. The first kappa shape index (κ1) is 15.5. The van der Waals surface area contributed by atoms with Crippen LogP contribution in [0.25, 0.3) is 0 Å². The van der Waals surface area contributed by atoms with Crippen molar-refractivity contribution in [3.63, 3.8) is 0 Å². The summed E-state index contributed by atoms with van der Waals surface area (Å²) in [5.74, 6) is 0.862. The molecule has 0 fully saturated rings. The van der Waals surface area contributed by atoms with E-state index >= 15 is 0 Å². The molecule has 1 rings (SSSR count). The van der Waals surface area contributed by atoms with Gasteiger partial charge in [-0.25, -0.2) is 4.74 Å². The molecule has 0 saturated carbocycles. The van der Waals surface area contributed by atoms with Crippen molar-refractivity contribution in [2.45, 2.75) is 52.5 Å². The SMILES string of the molecule is CCCCCOc1ccc(C=[N+]([O-])C(C)(C)C)cc1. The van der Waals surface area contributed by atoms with Crippen LogP contribution in [0.15, 0.2) is 24.3 Å². The molecule has 0 aliphatic carbocycles. The predicted octanol–water partition coefficient (Wildman–Crippen LogP) is 3.98. The van der Waals surface area contributed by atoms with Gasteiger partial charge in [-0.05, 0) is 30.7 Å². The first-order valence-electron chi connectivity index (χ1n) is 6.97. The summed E-state index contributed by atoms with van der Waals surface area (Å²) < 4.78 is 6.61. The normalized spacial score (nSPS) is 12.5. The largest absolute Gasteiger partial charge is 0.623 e. The van der Waals surface area contributed by atoms with Crippen LogP contribution < -0.4 is 4.74 Å². The number of benzene rings is 1. The van der Waals surface area contributed by atoms with E-state index in [0.717, 1.165) is 29.1 Å². The molecule has 19 heavy (non-hydrogen) atoms. The highest BCUT2D eigenvalue weighted by atomic mass is 16.5. The van der Waals surface area contributed by atoms with Crippen molar-refractivity contribution in [1.82, 2.24) is 0 Å². The van der Waals surface area contributed by atoms with Gasteiger partial charge in [-0.1, -0.05) is 19.8 Å². The highest BCUT2D eigenvalue weighted by Crippen LogP contribution is 2.13. The number of hydroxylamine groups is 1. The van der Waals surface area contributed by atoms with E-state index in [1.54, 1.807) is 6.21 Å². The maximum atomic E-state index is 11.8. The quantitative estimate of drug-likeness (QED) is 0.256. The van der Waals surface area contributed by atoms with E-state index in [1.807, 2.05) is 45.0 Å². The summed E-state index contributed by atoms with van der Waals surface area (Å²) in [6, 6.07) is 7.64. The van der Waals surface area contributed by atoms with Crippen LogP contribution in [0.4, 0.5) is 0 Å². The van der Waals surface area contributed by atoms with Crippen molar-refractivity contribution in [3.05, 3.63) is 35.0 Å². The molecule has 0 unspecified atom stereocenters. The molecule has 0 bridgehead atoms. The molecule has 0 amide bonds. The van der Waals surface area contributed by atoms with Crippen LogP contribution in [0.5, 0.6) is 5.75 Å². The van der Waals surface area contributed by atoms with Gasteiger partial charge in [-0.3, -0.25) is 0 Å². The number of rotatable bonds is 6. The number of hydrogen-bond acceptors (Lipinski definition) is 2. The Morgan fingerprint density at radius 3 is 2.32 bits per heavy atom. The molecule has 0 aliphatic rings. The zero-order valence-corrected chi connectivity index (χ0v) is 12.5. The summed E-state index contributed by atoms with van der Waals surface area (Å²) >= 11 is 0. The Balaban J connectivity index is 2.57. The van der Waals surface area contributed by atoms with E-state index in [9.17, 15) is 5.21 Å². The molecule has 0 heterocycles. The molecule has 0 atom stereocenters. The van der Waals surface area contributed by atoms with Crippen molar-refractivity contribution in [2.24, 2.45) is 0 Å². The number of nitrogens with zero attached hydrogens (tertiary/aromatic N) is 1. The first-order chi connectivity index (χ1) is 8.93. The highest BCUT2D eigenvalue weighted by Gasteiger charge is 2.17. The molecule has 106 valence electrons. The molecule has 0 aromatic heterocycles. The van der Waals surface area contributed by atoms with Crippen molar-refractivity contribution < 1.29 is 9.48 Å². The second kappa shape index (κ2) is 7.17. The van der Waals surface area contributed by atoms with Gasteiger partial charge in [-0.15, -0.1) is 0 Å². The monoisotopic (exact) mass is 263 g/mol. The average molecular weight is 263 g/mol. The Morgan fingerprint density at radius 1 is 1.16 bits per heavy atom. The van der Waals surface area contributed by atoms with Gasteiger partial charge in [-0.2, -0.15) is 0 Å². The number of ether oxygens (including phenoxy) is 1. The average Bonchev–Trinajstić information content (AvgIpc) is 2.35. The summed E-state index contributed by atoms with van der Waals surface area (Å²) in [5, 5.41) is 11.8. The molecule has 0 spiro atoms. The smallest absolute Gasteiger partial charge is 0.182 e. The molecular weight excluding hydrogens is 238 g/mol. The van der Waals surface area contributed by atoms with Crippen LogP contribution in [-0.4, -0.2) is 23.1 Å². The molecule has 0 aliphatic heterocycles. The fourth-order valence-corrected chi connectivity index (χ4v) is 1.52. The van der Waals surface area contributed by atoms with Crippen LogP contribution in [0, 0.1) is 5.21 Å². The number of hydrogen-bond donors (Lipinski definition) is 0. The predicted molar refractivity (Wildman–Crippen MR) is 80.0 cm³/mol. The van der Waals surface area contributed by atoms with Crippen LogP contribution in [-0.2, 0) is 0 Å². The van der Waals surface area contributed by atoms with Gasteiger partial charge in [0.25, 0.3) is 0 Å². The molecular formula is C16H25NO2. The summed E-state index contributed by atoms with van der Waals surface area (Å²) in [5.41, 5.74) is 0.487. The third-order valence-electron chi connectivity index (χ3n) is 2.82.